The van der Waals surface area contributed by atoms with Crippen LogP contribution in [-0.2, 0) is 11.3 Å². The number of para-hydroxylation sites is 1. The molecule has 1 aliphatic rings. The molecule has 3 aromatic rings. The Labute approximate surface area is 168 Å². The second-order valence-electron chi connectivity index (χ2n) is 6.45. The van der Waals surface area contributed by atoms with Gasteiger partial charge in [-0.2, -0.15) is 0 Å². The van der Waals surface area contributed by atoms with E-state index >= 15 is 0 Å². The second kappa shape index (κ2) is 8.25. The first kappa shape index (κ1) is 18.2. The van der Waals surface area contributed by atoms with Crippen LogP contribution in [0, 0.1) is 0 Å². The topological polar surface area (TPSA) is 41.5 Å². The molecule has 0 amide bonds. The zero-order chi connectivity index (χ0) is 18.6. The first-order valence-corrected chi connectivity index (χ1v) is 10.1. The lowest BCUT2D eigenvalue weighted by Crippen LogP contribution is -2.37. The largest absolute Gasteiger partial charge is 0.378 e. The van der Waals surface area contributed by atoms with Crippen molar-refractivity contribution in [3.63, 3.8) is 0 Å². The van der Waals surface area contributed by atoms with Gasteiger partial charge in [-0.05, 0) is 17.7 Å². The SMILES string of the molecule is CN(Cc1ccccc1N1CCOCC1)c1nnc(-c2ccccc2Cl)s1. The van der Waals surface area contributed by atoms with E-state index in [1.807, 2.05) is 31.3 Å². The third kappa shape index (κ3) is 4.08. The maximum absolute atomic E-state index is 6.29. The van der Waals surface area contributed by atoms with Gasteiger partial charge in [0, 0.05) is 37.9 Å². The number of ether oxygens (including phenoxy) is 1. The molecule has 1 aliphatic heterocycles. The van der Waals surface area contributed by atoms with E-state index in [1.165, 1.54) is 11.3 Å². The van der Waals surface area contributed by atoms with Gasteiger partial charge >= 0.3 is 0 Å². The van der Waals surface area contributed by atoms with Gasteiger partial charge in [-0.1, -0.05) is 59.3 Å². The fraction of sp³-hybridized carbons (Fsp3) is 0.300. The average molecular weight is 401 g/mol. The number of aromatic nitrogens is 2. The third-order valence-electron chi connectivity index (χ3n) is 4.60. The number of halogens is 1. The summed E-state index contributed by atoms with van der Waals surface area (Å²) in [7, 11) is 2.05. The van der Waals surface area contributed by atoms with E-state index in [-0.39, 0.29) is 0 Å². The Kier molecular flexibility index (Phi) is 5.57. The molecule has 5 nitrogen and oxygen atoms in total. The number of hydrogen-bond acceptors (Lipinski definition) is 6. The fourth-order valence-corrected chi connectivity index (χ4v) is 4.32. The monoisotopic (exact) mass is 400 g/mol. The summed E-state index contributed by atoms with van der Waals surface area (Å²) in [6, 6.07) is 16.3. The van der Waals surface area contributed by atoms with Crippen LogP contribution in [0.3, 0.4) is 0 Å². The van der Waals surface area contributed by atoms with Gasteiger partial charge in [-0.25, -0.2) is 0 Å². The molecule has 1 fully saturated rings. The van der Waals surface area contributed by atoms with E-state index in [2.05, 4.69) is 44.3 Å². The van der Waals surface area contributed by atoms with Crippen LogP contribution in [-0.4, -0.2) is 43.5 Å². The Morgan fingerprint density at radius 3 is 2.63 bits per heavy atom. The summed E-state index contributed by atoms with van der Waals surface area (Å²) in [5, 5.41) is 11.1. The first-order valence-electron chi connectivity index (χ1n) is 8.92. The first-order chi connectivity index (χ1) is 13.2. The van der Waals surface area contributed by atoms with Crippen LogP contribution in [0.4, 0.5) is 10.8 Å². The summed E-state index contributed by atoms with van der Waals surface area (Å²) in [6.07, 6.45) is 0. The van der Waals surface area contributed by atoms with Crippen molar-refractivity contribution in [1.82, 2.24) is 10.2 Å². The van der Waals surface area contributed by atoms with Crippen molar-refractivity contribution in [2.75, 3.05) is 43.2 Å². The lowest BCUT2D eigenvalue weighted by molar-refractivity contribution is 0.122. The molecule has 2 aromatic carbocycles. The summed E-state index contributed by atoms with van der Waals surface area (Å²) in [5.41, 5.74) is 3.46. The van der Waals surface area contributed by atoms with Gasteiger partial charge in [-0.3, -0.25) is 0 Å². The number of nitrogens with zero attached hydrogens (tertiary/aromatic N) is 4. The predicted octanol–water partition coefficient (Wildman–Crippen LogP) is 4.33. The Hall–Kier alpha value is -2.15. The minimum Gasteiger partial charge on any atom is -0.378 e. The highest BCUT2D eigenvalue weighted by molar-refractivity contribution is 7.18. The van der Waals surface area contributed by atoms with Crippen LogP contribution in [0.5, 0.6) is 0 Å². The Morgan fingerprint density at radius 2 is 1.81 bits per heavy atom. The minimum atomic E-state index is 0.695. The quantitative estimate of drug-likeness (QED) is 0.637. The molecule has 2 heterocycles. The number of benzene rings is 2. The normalized spacial score (nSPS) is 14.4. The summed E-state index contributed by atoms with van der Waals surface area (Å²) in [4.78, 5) is 4.53. The van der Waals surface area contributed by atoms with Crippen LogP contribution in [0.15, 0.2) is 48.5 Å². The van der Waals surface area contributed by atoms with Crippen molar-refractivity contribution in [2.45, 2.75) is 6.54 Å². The molecule has 4 rings (SSSR count). The molecule has 140 valence electrons. The Bertz CT molecular complexity index is 910. The van der Waals surface area contributed by atoms with Gasteiger partial charge in [0.2, 0.25) is 5.13 Å². The van der Waals surface area contributed by atoms with Crippen molar-refractivity contribution in [1.29, 1.82) is 0 Å². The maximum atomic E-state index is 6.29. The molecule has 0 radical (unpaired) electrons. The van der Waals surface area contributed by atoms with Gasteiger partial charge in [0.05, 0.1) is 18.2 Å². The van der Waals surface area contributed by atoms with Gasteiger partial charge in [0.25, 0.3) is 0 Å². The molecule has 1 saturated heterocycles. The standard InChI is InChI=1S/C20H21ClN4OS/c1-24(20-23-22-19(27-20)16-7-3-4-8-17(16)21)14-15-6-2-5-9-18(15)25-10-12-26-13-11-25/h2-9H,10-14H2,1H3. The molecular formula is C20H21ClN4OS. The number of hydrogen-bond donors (Lipinski definition) is 0. The third-order valence-corrected chi connectivity index (χ3v) is 6.00. The van der Waals surface area contributed by atoms with Gasteiger partial charge in [0.1, 0.15) is 0 Å². The Morgan fingerprint density at radius 1 is 1.07 bits per heavy atom. The van der Waals surface area contributed by atoms with E-state index in [0.29, 0.717) is 5.02 Å². The number of morpholine rings is 1. The molecule has 1 aromatic heterocycles. The molecule has 7 heteroatoms. The predicted molar refractivity (Wildman–Crippen MR) is 112 cm³/mol. The minimum absolute atomic E-state index is 0.695. The average Bonchev–Trinajstić information content (AvgIpc) is 3.19. The highest BCUT2D eigenvalue weighted by Gasteiger charge is 2.17. The number of anilines is 2. The zero-order valence-electron chi connectivity index (χ0n) is 15.1. The number of rotatable bonds is 5. The van der Waals surface area contributed by atoms with Crippen LogP contribution in [0.2, 0.25) is 5.02 Å². The highest BCUT2D eigenvalue weighted by Crippen LogP contribution is 2.33. The lowest BCUT2D eigenvalue weighted by atomic mass is 10.1. The molecule has 0 atom stereocenters. The van der Waals surface area contributed by atoms with E-state index in [0.717, 1.165) is 48.6 Å². The van der Waals surface area contributed by atoms with Crippen molar-refractivity contribution in [2.24, 2.45) is 0 Å². The van der Waals surface area contributed by atoms with Crippen molar-refractivity contribution in [3.05, 3.63) is 59.1 Å². The van der Waals surface area contributed by atoms with Crippen LogP contribution in [0.25, 0.3) is 10.6 Å². The van der Waals surface area contributed by atoms with Crippen LogP contribution in [0.1, 0.15) is 5.56 Å². The highest BCUT2D eigenvalue weighted by atomic mass is 35.5. The molecule has 0 aliphatic carbocycles. The summed E-state index contributed by atoms with van der Waals surface area (Å²) >= 11 is 7.85. The molecule has 0 spiro atoms. The summed E-state index contributed by atoms with van der Waals surface area (Å²) in [5.74, 6) is 0. The van der Waals surface area contributed by atoms with Gasteiger partial charge in [-0.15, -0.1) is 10.2 Å². The summed E-state index contributed by atoms with van der Waals surface area (Å²) < 4.78 is 5.49. The molecule has 0 saturated carbocycles. The molecule has 0 bridgehead atoms. The van der Waals surface area contributed by atoms with Crippen LogP contribution >= 0.6 is 22.9 Å². The molecule has 27 heavy (non-hydrogen) atoms. The van der Waals surface area contributed by atoms with Gasteiger partial charge in [0.15, 0.2) is 5.01 Å². The zero-order valence-corrected chi connectivity index (χ0v) is 16.7. The smallest absolute Gasteiger partial charge is 0.208 e. The van der Waals surface area contributed by atoms with E-state index in [4.69, 9.17) is 16.3 Å². The fourth-order valence-electron chi connectivity index (χ4n) is 3.19. The van der Waals surface area contributed by atoms with Gasteiger partial charge < -0.3 is 14.5 Å². The lowest BCUT2D eigenvalue weighted by Gasteiger charge is -2.31. The van der Waals surface area contributed by atoms with Crippen molar-refractivity contribution >= 4 is 33.8 Å². The van der Waals surface area contributed by atoms with Crippen molar-refractivity contribution < 1.29 is 4.74 Å². The van der Waals surface area contributed by atoms with Crippen molar-refractivity contribution in [3.8, 4) is 10.6 Å². The molecule has 0 N–H and O–H groups in total. The Balaban J connectivity index is 1.53. The summed E-state index contributed by atoms with van der Waals surface area (Å²) in [6.45, 7) is 4.18. The maximum Gasteiger partial charge on any atom is 0.208 e. The molecule has 0 unspecified atom stereocenters. The van der Waals surface area contributed by atoms with E-state index in [9.17, 15) is 0 Å². The van der Waals surface area contributed by atoms with E-state index in [1.54, 1.807) is 11.3 Å². The van der Waals surface area contributed by atoms with E-state index < -0.39 is 0 Å². The second-order valence-corrected chi connectivity index (χ2v) is 7.82. The molecular weight excluding hydrogens is 380 g/mol. The van der Waals surface area contributed by atoms with Crippen LogP contribution < -0.4 is 9.80 Å².